The third-order valence-corrected chi connectivity index (χ3v) is 4.90. The number of imidazole rings is 1. The summed E-state index contributed by atoms with van der Waals surface area (Å²) in [6.45, 7) is 3.35. The number of rotatable bonds is 5. The van der Waals surface area contributed by atoms with Crippen LogP contribution in [0.15, 0.2) is 12.5 Å². The van der Waals surface area contributed by atoms with Crippen LogP contribution in [0, 0.1) is 5.92 Å². The normalized spacial score (nSPS) is 23.2. The third kappa shape index (κ3) is 3.38. The van der Waals surface area contributed by atoms with Crippen molar-refractivity contribution in [2.24, 2.45) is 5.92 Å². The lowest BCUT2D eigenvalue weighted by Crippen LogP contribution is -2.33. The van der Waals surface area contributed by atoms with Crippen molar-refractivity contribution < 1.29 is 0 Å². The number of hydrogen-bond donors (Lipinski definition) is 1. The van der Waals surface area contributed by atoms with E-state index in [-0.39, 0.29) is 0 Å². The van der Waals surface area contributed by atoms with E-state index in [2.05, 4.69) is 21.8 Å². The van der Waals surface area contributed by atoms with E-state index >= 15 is 0 Å². The van der Waals surface area contributed by atoms with Crippen LogP contribution >= 0.6 is 0 Å². The van der Waals surface area contributed by atoms with Crippen LogP contribution in [0.2, 0.25) is 0 Å². The van der Waals surface area contributed by atoms with Gasteiger partial charge in [-0.2, -0.15) is 0 Å². The zero-order chi connectivity index (χ0) is 13.1. The number of aromatic nitrogens is 2. The fourth-order valence-electron chi connectivity index (χ4n) is 3.39. The molecule has 1 aromatic heterocycles. The standard InChI is InChI=1S/C16H27N3/c1-13(14-6-4-2-3-5-7-14)18-11-16-10-17-12-19(16)15-8-9-15/h10,12-15,18H,2-9,11H2,1H3/t13-/m0/s1. The Morgan fingerprint density at radius 2 is 1.95 bits per heavy atom. The molecular formula is C16H27N3. The van der Waals surface area contributed by atoms with Gasteiger partial charge < -0.3 is 9.88 Å². The van der Waals surface area contributed by atoms with E-state index < -0.39 is 0 Å². The van der Waals surface area contributed by atoms with Crippen molar-refractivity contribution in [1.82, 2.24) is 14.9 Å². The van der Waals surface area contributed by atoms with Crippen LogP contribution in [0.25, 0.3) is 0 Å². The summed E-state index contributed by atoms with van der Waals surface area (Å²) < 4.78 is 2.37. The largest absolute Gasteiger partial charge is 0.330 e. The quantitative estimate of drug-likeness (QED) is 0.820. The Hall–Kier alpha value is -0.830. The molecule has 0 radical (unpaired) electrons. The molecule has 3 nitrogen and oxygen atoms in total. The lowest BCUT2D eigenvalue weighted by molar-refractivity contribution is 0.334. The summed E-state index contributed by atoms with van der Waals surface area (Å²) in [5, 5.41) is 3.74. The molecule has 0 spiro atoms. The zero-order valence-electron chi connectivity index (χ0n) is 12.1. The minimum Gasteiger partial charge on any atom is -0.330 e. The van der Waals surface area contributed by atoms with Gasteiger partial charge in [0.2, 0.25) is 0 Å². The van der Waals surface area contributed by atoms with Crippen LogP contribution in [0.4, 0.5) is 0 Å². The van der Waals surface area contributed by atoms with Crippen molar-refractivity contribution in [2.45, 2.75) is 76.9 Å². The molecule has 2 aliphatic carbocycles. The summed E-state index contributed by atoms with van der Waals surface area (Å²) in [6.07, 6.45) is 15.3. The fraction of sp³-hybridized carbons (Fsp3) is 0.812. The molecule has 3 rings (SSSR count). The Kier molecular flexibility index (Phi) is 4.21. The van der Waals surface area contributed by atoms with E-state index in [1.54, 1.807) is 0 Å². The number of hydrogen-bond acceptors (Lipinski definition) is 2. The summed E-state index contributed by atoms with van der Waals surface area (Å²) in [7, 11) is 0. The maximum Gasteiger partial charge on any atom is 0.0951 e. The fourth-order valence-corrected chi connectivity index (χ4v) is 3.39. The summed E-state index contributed by atoms with van der Waals surface area (Å²) >= 11 is 0. The van der Waals surface area contributed by atoms with Crippen molar-refractivity contribution >= 4 is 0 Å². The van der Waals surface area contributed by atoms with E-state index in [1.807, 2.05) is 12.5 Å². The molecule has 1 N–H and O–H groups in total. The molecule has 0 amide bonds. The van der Waals surface area contributed by atoms with Gasteiger partial charge in [-0.05, 0) is 38.5 Å². The van der Waals surface area contributed by atoms with Crippen LogP contribution < -0.4 is 5.32 Å². The second-order valence-corrected chi connectivity index (χ2v) is 6.44. The molecule has 2 saturated carbocycles. The predicted octanol–water partition coefficient (Wildman–Crippen LogP) is 3.67. The second kappa shape index (κ2) is 6.08. The van der Waals surface area contributed by atoms with E-state index in [9.17, 15) is 0 Å². The van der Waals surface area contributed by atoms with E-state index in [0.29, 0.717) is 6.04 Å². The molecule has 1 heterocycles. The maximum absolute atomic E-state index is 4.31. The first kappa shape index (κ1) is 13.2. The summed E-state index contributed by atoms with van der Waals surface area (Å²) in [6, 6.07) is 1.38. The third-order valence-electron chi connectivity index (χ3n) is 4.90. The van der Waals surface area contributed by atoms with Gasteiger partial charge in [0.25, 0.3) is 0 Å². The van der Waals surface area contributed by atoms with Crippen LogP contribution in [0.3, 0.4) is 0 Å². The molecule has 2 aliphatic rings. The predicted molar refractivity (Wildman–Crippen MR) is 78.0 cm³/mol. The van der Waals surface area contributed by atoms with Crippen molar-refractivity contribution in [3.8, 4) is 0 Å². The molecular weight excluding hydrogens is 234 g/mol. The highest BCUT2D eigenvalue weighted by molar-refractivity contribution is 5.03. The van der Waals surface area contributed by atoms with E-state index in [1.165, 1.54) is 57.1 Å². The molecule has 0 saturated heterocycles. The Balaban J connectivity index is 1.51. The lowest BCUT2D eigenvalue weighted by Gasteiger charge is -2.24. The van der Waals surface area contributed by atoms with Crippen molar-refractivity contribution in [2.75, 3.05) is 0 Å². The van der Waals surface area contributed by atoms with Crippen LogP contribution in [0.1, 0.15) is 70.0 Å². The zero-order valence-corrected chi connectivity index (χ0v) is 12.1. The molecule has 0 bridgehead atoms. The highest BCUT2D eigenvalue weighted by atomic mass is 15.1. The first-order valence-electron chi connectivity index (χ1n) is 8.08. The minimum absolute atomic E-state index is 0.639. The molecule has 1 aromatic rings. The van der Waals surface area contributed by atoms with Crippen molar-refractivity contribution in [1.29, 1.82) is 0 Å². The lowest BCUT2D eigenvalue weighted by atomic mass is 9.93. The molecule has 0 aromatic carbocycles. The number of nitrogens with zero attached hydrogens (tertiary/aromatic N) is 2. The van der Waals surface area contributed by atoms with Gasteiger partial charge in [0.15, 0.2) is 0 Å². The van der Waals surface area contributed by atoms with Crippen LogP contribution in [-0.4, -0.2) is 15.6 Å². The van der Waals surface area contributed by atoms with Crippen molar-refractivity contribution in [3.63, 3.8) is 0 Å². The maximum atomic E-state index is 4.31. The van der Waals surface area contributed by atoms with E-state index in [4.69, 9.17) is 0 Å². The Bertz CT molecular complexity index is 386. The van der Waals surface area contributed by atoms with Gasteiger partial charge in [0.1, 0.15) is 0 Å². The molecule has 1 atom stereocenters. The molecule has 2 fully saturated rings. The van der Waals surface area contributed by atoms with Crippen LogP contribution in [0.5, 0.6) is 0 Å². The summed E-state index contributed by atoms with van der Waals surface area (Å²) in [5.74, 6) is 0.875. The van der Waals surface area contributed by atoms with Gasteiger partial charge >= 0.3 is 0 Å². The topological polar surface area (TPSA) is 29.9 Å². The molecule has 106 valence electrons. The van der Waals surface area contributed by atoms with Crippen LogP contribution in [-0.2, 0) is 6.54 Å². The summed E-state index contributed by atoms with van der Waals surface area (Å²) in [4.78, 5) is 4.31. The Labute approximate surface area is 116 Å². The molecule has 19 heavy (non-hydrogen) atoms. The molecule has 0 unspecified atom stereocenters. The van der Waals surface area contributed by atoms with Gasteiger partial charge in [0, 0.05) is 24.8 Å². The average Bonchev–Trinajstić information content (AvgIpc) is 3.21. The minimum atomic E-state index is 0.639. The number of nitrogens with one attached hydrogen (secondary N) is 1. The highest BCUT2D eigenvalue weighted by Gasteiger charge is 2.25. The van der Waals surface area contributed by atoms with Gasteiger partial charge in [-0.1, -0.05) is 25.7 Å². The average molecular weight is 261 g/mol. The van der Waals surface area contributed by atoms with Gasteiger partial charge in [-0.15, -0.1) is 0 Å². The smallest absolute Gasteiger partial charge is 0.0951 e. The van der Waals surface area contributed by atoms with Gasteiger partial charge in [0.05, 0.1) is 12.0 Å². The van der Waals surface area contributed by atoms with Gasteiger partial charge in [-0.3, -0.25) is 0 Å². The molecule has 0 aliphatic heterocycles. The SMILES string of the molecule is C[C@H](NCc1cncn1C1CC1)C1CCCCCC1. The monoisotopic (exact) mass is 261 g/mol. The first-order valence-corrected chi connectivity index (χ1v) is 8.08. The molecule has 3 heteroatoms. The first-order chi connectivity index (χ1) is 9.34. The second-order valence-electron chi connectivity index (χ2n) is 6.44. The summed E-state index contributed by atoms with van der Waals surface area (Å²) in [5.41, 5.74) is 1.36. The Morgan fingerprint density at radius 1 is 1.21 bits per heavy atom. The van der Waals surface area contributed by atoms with Crippen molar-refractivity contribution in [3.05, 3.63) is 18.2 Å². The highest BCUT2D eigenvalue weighted by Crippen LogP contribution is 2.35. The Morgan fingerprint density at radius 3 is 2.63 bits per heavy atom. The van der Waals surface area contributed by atoms with Gasteiger partial charge in [-0.25, -0.2) is 4.98 Å². The van der Waals surface area contributed by atoms with E-state index in [0.717, 1.165) is 18.5 Å².